The predicted octanol–water partition coefficient (Wildman–Crippen LogP) is 4.16. The van der Waals surface area contributed by atoms with Gasteiger partial charge in [0.15, 0.2) is 5.65 Å². The van der Waals surface area contributed by atoms with Gasteiger partial charge in [-0.2, -0.15) is 18.3 Å². The van der Waals surface area contributed by atoms with Crippen LogP contribution in [-0.2, 0) is 16.1 Å². The molecule has 1 saturated carbocycles. The summed E-state index contributed by atoms with van der Waals surface area (Å²) < 4.78 is 45.3. The van der Waals surface area contributed by atoms with Crippen LogP contribution in [0.5, 0.6) is 0 Å². The molecule has 0 aromatic carbocycles. The molecule has 2 aromatic heterocycles. The molecule has 7 nitrogen and oxygen atoms in total. The lowest BCUT2D eigenvalue weighted by Gasteiger charge is -2.29. The Morgan fingerprint density at radius 1 is 1.16 bits per heavy atom. The molecule has 168 valence electrons. The fourth-order valence-corrected chi connectivity index (χ4v) is 4.73. The molecule has 0 unspecified atom stereocenters. The molecule has 0 radical (unpaired) electrons. The van der Waals surface area contributed by atoms with E-state index in [2.05, 4.69) is 27.0 Å². The maximum atomic E-state index is 13.0. The van der Waals surface area contributed by atoms with E-state index in [1.165, 1.54) is 12.6 Å². The van der Waals surface area contributed by atoms with Crippen LogP contribution in [0.1, 0.15) is 50.5 Å². The lowest BCUT2D eigenvalue weighted by Crippen LogP contribution is -2.31. The van der Waals surface area contributed by atoms with E-state index in [1.807, 2.05) is 0 Å². The average Bonchev–Trinajstić information content (AvgIpc) is 3.33. The van der Waals surface area contributed by atoms with E-state index >= 15 is 0 Å². The highest BCUT2D eigenvalue weighted by atomic mass is 19.4. The number of anilines is 1. The maximum absolute atomic E-state index is 13.0. The van der Waals surface area contributed by atoms with Crippen LogP contribution >= 0.6 is 0 Å². The second-order valence-electron chi connectivity index (χ2n) is 8.62. The highest BCUT2D eigenvalue weighted by Gasteiger charge is 2.37. The van der Waals surface area contributed by atoms with Crippen molar-refractivity contribution < 1.29 is 22.7 Å². The zero-order valence-corrected chi connectivity index (χ0v) is 17.2. The molecule has 4 heterocycles. The molecular weight excluding hydrogens is 411 g/mol. The first kappa shape index (κ1) is 20.6. The Morgan fingerprint density at radius 2 is 1.94 bits per heavy atom. The quantitative estimate of drug-likeness (QED) is 0.748. The largest absolute Gasteiger partial charge is 0.408 e. The first-order chi connectivity index (χ1) is 14.9. The molecule has 5 rings (SSSR count). The van der Waals surface area contributed by atoms with Crippen molar-refractivity contribution in [3.05, 3.63) is 24.0 Å². The molecule has 2 aliphatic heterocycles. The van der Waals surface area contributed by atoms with Crippen LogP contribution in [0.2, 0.25) is 0 Å². The van der Waals surface area contributed by atoms with Crippen molar-refractivity contribution in [1.82, 2.24) is 20.2 Å². The maximum Gasteiger partial charge on any atom is 0.408 e. The Kier molecular flexibility index (Phi) is 5.29. The topological polar surface area (TPSA) is 73.2 Å². The summed E-state index contributed by atoms with van der Waals surface area (Å²) in [6, 6.07) is 0.163. The van der Waals surface area contributed by atoms with Gasteiger partial charge < -0.3 is 10.1 Å². The van der Waals surface area contributed by atoms with Gasteiger partial charge in [-0.05, 0) is 31.8 Å². The summed E-state index contributed by atoms with van der Waals surface area (Å²) in [7, 11) is 0. The van der Waals surface area contributed by atoms with Crippen molar-refractivity contribution in [1.29, 1.82) is 0 Å². The lowest BCUT2D eigenvalue weighted by atomic mass is 9.84. The monoisotopic (exact) mass is 437 g/mol. The van der Waals surface area contributed by atoms with Crippen molar-refractivity contribution in [2.75, 3.05) is 18.5 Å². The summed E-state index contributed by atoms with van der Waals surface area (Å²) in [6.45, 7) is 0.135. The molecule has 10 heteroatoms. The number of hydrogen-bond acceptors (Lipinski definition) is 6. The zero-order valence-electron chi connectivity index (χ0n) is 17.2. The molecule has 2 N–H and O–H groups in total. The predicted molar refractivity (Wildman–Crippen MR) is 109 cm³/mol. The normalized spacial score (nSPS) is 22.0. The summed E-state index contributed by atoms with van der Waals surface area (Å²) in [5, 5.41) is 8.10. The zero-order chi connectivity index (χ0) is 21.5. The summed E-state index contributed by atoms with van der Waals surface area (Å²) in [5.74, 6) is 0. The number of ether oxygens (including phenoxy) is 1. The van der Waals surface area contributed by atoms with Gasteiger partial charge in [-0.3, -0.25) is 10.3 Å². The van der Waals surface area contributed by atoms with Crippen molar-refractivity contribution >= 4 is 22.4 Å². The molecule has 0 atom stereocenters. The average molecular weight is 437 g/mol. The van der Waals surface area contributed by atoms with Gasteiger partial charge in [-0.1, -0.05) is 19.3 Å². The highest BCUT2D eigenvalue weighted by Crippen LogP contribution is 2.40. The minimum atomic E-state index is -4.37. The molecule has 3 aliphatic rings. The van der Waals surface area contributed by atoms with Crippen LogP contribution in [0.4, 0.5) is 18.9 Å². The van der Waals surface area contributed by atoms with Gasteiger partial charge >= 0.3 is 6.18 Å². The number of hydroxylamine groups is 1. The van der Waals surface area contributed by atoms with Gasteiger partial charge in [-0.25, -0.2) is 9.67 Å². The summed E-state index contributed by atoms with van der Waals surface area (Å²) in [5.41, 5.74) is 5.28. The lowest BCUT2D eigenvalue weighted by molar-refractivity contribution is -0.141. The minimum Gasteiger partial charge on any atom is -0.381 e. The Bertz CT molecular complexity index is 975. The van der Waals surface area contributed by atoms with Crippen LogP contribution < -0.4 is 10.8 Å². The Balaban J connectivity index is 1.55. The number of nitrogens with zero attached hydrogens (tertiary/aromatic N) is 3. The molecule has 1 saturated heterocycles. The number of hydrogen-bond donors (Lipinski definition) is 2. The summed E-state index contributed by atoms with van der Waals surface area (Å²) in [4.78, 5) is 10.3. The van der Waals surface area contributed by atoms with E-state index in [0.717, 1.165) is 60.2 Å². The molecule has 31 heavy (non-hydrogen) atoms. The van der Waals surface area contributed by atoms with Crippen molar-refractivity contribution in [3.8, 4) is 0 Å². The summed E-state index contributed by atoms with van der Waals surface area (Å²) in [6.07, 6.45) is 7.80. The molecule has 2 fully saturated rings. The van der Waals surface area contributed by atoms with E-state index in [4.69, 9.17) is 9.57 Å². The van der Waals surface area contributed by atoms with E-state index in [9.17, 15) is 13.2 Å². The van der Waals surface area contributed by atoms with Gasteiger partial charge in [-0.15, -0.1) is 0 Å². The van der Waals surface area contributed by atoms with Crippen molar-refractivity contribution in [3.63, 3.8) is 0 Å². The molecule has 1 aliphatic carbocycles. The first-order valence-corrected chi connectivity index (χ1v) is 10.9. The Morgan fingerprint density at radius 3 is 2.68 bits per heavy atom. The van der Waals surface area contributed by atoms with Gasteiger partial charge in [0.05, 0.1) is 23.0 Å². The fraction of sp³-hybridized carbons (Fsp3) is 0.619. The molecule has 1 spiro atoms. The first-order valence-electron chi connectivity index (χ1n) is 10.9. The Labute approximate surface area is 177 Å². The van der Waals surface area contributed by atoms with Gasteiger partial charge in [0, 0.05) is 31.0 Å². The number of halogens is 3. The van der Waals surface area contributed by atoms with Gasteiger partial charge in [0.25, 0.3) is 0 Å². The number of rotatable bonds is 4. The third-order valence-corrected chi connectivity index (χ3v) is 6.33. The number of pyridine rings is 1. The smallest absolute Gasteiger partial charge is 0.381 e. The van der Waals surface area contributed by atoms with E-state index in [-0.39, 0.29) is 17.3 Å². The number of fused-ring (bicyclic) bond motifs is 1. The fourth-order valence-electron chi connectivity index (χ4n) is 4.73. The summed E-state index contributed by atoms with van der Waals surface area (Å²) >= 11 is 0. The standard InChI is InChI=1S/C21H26F3N5O2/c22-21(23,24)13-29-19-16(12-26-29)18(27-14-4-8-30-9-5-14)15(11-25-19)17-10-20(31-28-17)6-2-1-3-7-20/h10-12,14,28H,1-9,13H2,(H,25,27). The minimum absolute atomic E-state index is 0.163. The second-order valence-corrected chi connectivity index (χ2v) is 8.62. The van der Waals surface area contributed by atoms with Gasteiger partial charge in [0.1, 0.15) is 12.1 Å². The molecular formula is C21H26F3N5O2. The number of aromatic nitrogens is 3. The third kappa shape index (κ3) is 4.23. The van der Waals surface area contributed by atoms with E-state index in [0.29, 0.717) is 18.6 Å². The number of alkyl halides is 3. The van der Waals surface area contributed by atoms with Crippen LogP contribution in [-0.4, -0.2) is 45.8 Å². The second kappa shape index (κ2) is 7.98. The van der Waals surface area contributed by atoms with Crippen LogP contribution in [0, 0.1) is 0 Å². The molecule has 0 amide bonds. The molecule has 2 aromatic rings. The Hall–Kier alpha value is -2.33. The van der Waals surface area contributed by atoms with Crippen LogP contribution in [0.15, 0.2) is 18.5 Å². The van der Waals surface area contributed by atoms with Crippen molar-refractivity contribution in [2.24, 2.45) is 0 Å². The van der Waals surface area contributed by atoms with Crippen LogP contribution in [0.25, 0.3) is 16.7 Å². The van der Waals surface area contributed by atoms with E-state index < -0.39 is 12.7 Å². The van der Waals surface area contributed by atoms with E-state index in [1.54, 1.807) is 6.20 Å². The van der Waals surface area contributed by atoms with Gasteiger partial charge in [0.2, 0.25) is 0 Å². The highest BCUT2D eigenvalue weighted by molar-refractivity contribution is 5.95. The van der Waals surface area contributed by atoms with Crippen molar-refractivity contribution in [2.45, 2.75) is 69.3 Å². The number of nitrogens with one attached hydrogen (secondary N) is 2. The third-order valence-electron chi connectivity index (χ3n) is 6.33. The van der Waals surface area contributed by atoms with Crippen LogP contribution in [0.3, 0.4) is 0 Å². The SMILES string of the molecule is FC(F)(F)Cn1ncc2c(NC3CCOCC3)c(C3=CC4(CCCCC4)ON3)cnc21. The molecule has 0 bridgehead atoms.